The van der Waals surface area contributed by atoms with E-state index in [0.29, 0.717) is 6.42 Å². The van der Waals surface area contributed by atoms with Crippen LogP contribution in [-0.2, 0) is 4.79 Å². The average Bonchev–Trinajstić information content (AvgIpc) is 2.59. The molecular formula is C12H17N3O2S. The summed E-state index contributed by atoms with van der Waals surface area (Å²) in [5.74, 6) is 0.716. The third kappa shape index (κ3) is 2.75. The lowest BCUT2D eigenvalue weighted by atomic mass is 10.2. The lowest BCUT2D eigenvalue weighted by Gasteiger charge is -2.14. The molecule has 0 bridgehead atoms. The number of aryl methyl sites for hydroxylation is 1. The van der Waals surface area contributed by atoms with E-state index in [9.17, 15) is 9.59 Å². The maximum atomic E-state index is 11.9. The van der Waals surface area contributed by atoms with Crippen molar-refractivity contribution in [3.63, 3.8) is 0 Å². The molecule has 1 aromatic rings. The van der Waals surface area contributed by atoms with Gasteiger partial charge in [0.15, 0.2) is 5.16 Å². The Labute approximate surface area is 110 Å². The second kappa shape index (κ2) is 5.14. The zero-order valence-corrected chi connectivity index (χ0v) is 11.6. The molecule has 1 atom stereocenters. The van der Waals surface area contributed by atoms with Gasteiger partial charge in [-0.2, -0.15) is 0 Å². The van der Waals surface area contributed by atoms with E-state index in [1.165, 1.54) is 17.8 Å². The standard InChI is InChI=1S/C12H17N3O2S/c1-7(2)13-10(16)5-9-6-18-12-14-8(3)4-11(17)15(9)12/h4,7,9H,5-6H2,1-3H3,(H,13,16). The van der Waals surface area contributed by atoms with E-state index < -0.39 is 0 Å². The van der Waals surface area contributed by atoms with E-state index in [0.717, 1.165) is 16.6 Å². The van der Waals surface area contributed by atoms with Gasteiger partial charge in [-0.3, -0.25) is 14.2 Å². The second-order valence-corrected chi connectivity index (χ2v) is 5.77. The molecule has 1 unspecified atom stereocenters. The predicted molar refractivity (Wildman–Crippen MR) is 70.9 cm³/mol. The summed E-state index contributed by atoms with van der Waals surface area (Å²) in [6, 6.07) is 1.56. The van der Waals surface area contributed by atoms with Gasteiger partial charge < -0.3 is 5.32 Å². The Bertz CT molecular complexity index is 525. The number of hydrogen-bond donors (Lipinski definition) is 1. The highest BCUT2D eigenvalue weighted by atomic mass is 32.2. The number of nitrogens with one attached hydrogen (secondary N) is 1. The summed E-state index contributed by atoms with van der Waals surface area (Å²) in [4.78, 5) is 28.0. The van der Waals surface area contributed by atoms with Gasteiger partial charge in [-0.1, -0.05) is 11.8 Å². The molecule has 2 rings (SSSR count). The number of fused-ring (bicyclic) bond motifs is 1. The number of carbonyl (C=O) groups excluding carboxylic acids is 1. The van der Waals surface area contributed by atoms with Crippen LogP contribution in [-0.4, -0.2) is 27.3 Å². The zero-order chi connectivity index (χ0) is 13.3. The minimum Gasteiger partial charge on any atom is -0.354 e. The number of amides is 1. The van der Waals surface area contributed by atoms with Crippen LogP contribution in [0.1, 0.15) is 32.0 Å². The van der Waals surface area contributed by atoms with Crippen molar-refractivity contribution in [1.82, 2.24) is 14.9 Å². The Morgan fingerprint density at radius 3 is 3.06 bits per heavy atom. The van der Waals surface area contributed by atoms with Crippen LogP contribution in [0.4, 0.5) is 0 Å². The van der Waals surface area contributed by atoms with Crippen molar-refractivity contribution < 1.29 is 4.79 Å². The molecule has 18 heavy (non-hydrogen) atoms. The second-order valence-electron chi connectivity index (χ2n) is 4.78. The molecule has 0 radical (unpaired) electrons. The van der Waals surface area contributed by atoms with Crippen LogP contribution in [0, 0.1) is 6.92 Å². The SMILES string of the molecule is Cc1cc(=O)n2c(n1)SCC2CC(=O)NC(C)C. The van der Waals surface area contributed by atoms with Crippen LogP contribution < -0.4 is 10.9 Å². The van der Waals surface area contributed by atoms with Crippen LogP contribution >= 0.6 is 11.8 Å². The number of thioether (sulfide) groups is 1. The van der Waals surface area contributed by atoms with Gasteiger partial charge in [0.1, 0.15) is 0 Å². The number of hydrogen-bond acceptors (Lipinski definition) is 4. The summed E-state index contributed by atoms with van der Waals surface area (Å²) >= 11 is 1.54. The third-order valence-electron chi connectivity index (χ3n) is 2.69. The first-order valence-corrected chi connectivity index (χ1v) is 6.98. The molecule has 1 N–H and O–H groups in total. The molecule has 6 heteroatoms. The van der Waals surface area contributed by atoms with Crippen LogP contribution in [0.5, 0.6) is 0 Å². The van der Waals surface area contributed by atoms with E-state index >= 15 is 0 Å². The lowest BCUT2D eigenvalue weighted by molar-refractivity contribution is -0.122. The molecule has 98 valence electrons. The highest BCUT2D eigenvalue weighted by Crippen LogP contribution is 2.31. The van der Waals surface area contributed by atoms with Crippen molar-refractivity contribution in [3.05, 3.63) is 22.1 Å². The lowest BCUT2D eigenvalue weighted by Crippen LogP contribution is -2.34. The van der Waals surface area contributed by atoms with Crippen molar-refractivity contribution in [2.24, 2.45) is 0 Å². The fourth-order valence-corrected chi connectivity index (χ4v) is 3.20. The van der Waals surface area contributed by atoms with Crippen molar-refractivity contribution >= 4 is 17.7 Å². The predicted octanol–water partition coefficient (Wildman–Crippen LogP) is 1.11. The van der Waals surface area contributed by atoms with E-state index in [4.69, 9.17) is 0 Å². The summed E-state index contributed by atoms with van der Waals surface area (Å²) in [5.41, 5.74) is 0.663. The first kappa shape index (κ1) is 13.1. The minimum absolute atomic E-state index is 0.0177. The Morgan fingerprint density at radius 2 is 2.39 bits per heavy atom. The number of carbonyl (C=O) groups is 1. The largest absolute Gasteiger partial charge is 0.354 e. The number of rotatable bonds is 3. The van der Waals surface area contributed by atoms with Gasteiger partial charge >= 0.3 is 0 Å². The summed E-state index contributed by atoms with van der Waals surface area (Å²) in [5, 5.41) is 3.57. The quantitative estimate of drug-likeness (QED) is 0.833. The van der Waals surface area contributed by atoms with Crippen LogP contribution in [0.3, 0.4) is 0 Å². The highest BCUT2D eigenvalue weighted by molar-refractivity contribution is 7.99. The van der Waals surface area contributed by atoms with Gasteiger partial charge in [-0.25, -0.2) is 4.98 Å². The Kier molecular flexibility index (Phi) is 3.75. The van der Waals surface area contributed by atoms with Crippen molar-refractivity contribution in [3.8, 4) is 0 Å². The van der Waals surface area contributed by atoms with Gasteiger partial charge in [0.05, 0.1) is 6.04 Å². The highest BCUT2D eigenvalue weighted by Gasteiger charge is 2.27. The Balaban J connectivity index is 2.17. The van der Waals surface area contributed by atoms with Gasteiger partial charge in [0.2, 0.25) is 5.91 Å². The molecule has 0 aliphatic carbocycles. The monoisotopic (exact) mass is 267 g/mol. The molecule has 1 aromatic heterocycles. The molecule has 0 spiro atoms. The van der Waals surface area contributed by atoms with E-state index in [1.54, 1.807) is 4.57 Å². The summed E-state index contributed by atoms with van der Waals surface area (Å²) in [6.07, 6.45) is 0.336. The summed E-state index contributed by atoms with van der Waals surface area (Å²) in [7, 11) is 0. The molecule has 1 aliphatic rings. The normalized spacial score (nSPS) is 17.9. The van der Waals surface area contributed by atoms with E-state index in [2.05, 4.69) is 10.3 Å². The Hall–Kier alpha value is -1.30. The van der Waals surface area contributed by atoms with Gasteiger partial charge in [0, 0.05) is 30.0 Å². The average molecular weight is 267 g/mol. The maximum absolute atomic E-state index is 11.9. The molecule has 5 nitrogen and oxygen atoms in total. The zero-order valence-electron chi connectivity index (χ0n) is 10.8. The van der Waals surface area contributed by atoms with Crippen LogP contribution in [0.2, 0.25) is 0 Å². The van der Waals surface area contributed by atoms with Gasteiger partial charge in [-0.15, -0.1) is 0 Å². The van der Waals surface area contributed by atoms with Crippen molar-refractivity contribution in [2.45, 2.75) is 44.4 Å². The summed E-state index contributed by atoms with van der Waals surface area (Å²) in [6.45, 7) is 5.65. The van der Waals surface area contributed by atoms with Gasteiger partial charge in [0.25, 0.3) is 5.56 Å². The van der Waals surface area contributed by atoms with Crippen molar-refractivity contribution in [2.75, 3.05) is 5.75 Å². The van der Waals surface area contributed by atoms with Crippen molar-refractivity contribution in [1.29, 1.82) is 0 Å². The first-order valence-electron chi connectivity index (χ1n) is 5.99. The molecular weight excluding hydrogens is 250 g/mol. The topological polar surface area (TPSA) is 64.0 Å². The molecule has 0 saturated carbocycles. The van der Waals surface area contributed by atoms with Crippen LogP contribution in [0.25, 0.3) is 0 Å². The Morgan fingerprint density at radius 1 is 1.67 bits per heavy atom. The fraction of sp³-hybridized carbons (Fsp3) is 0.583. The maximum Gasteiger partial charge on any atom is 0.254 e. The molecule has 1 aliphatic heterocycles. The number of nitrogens with zero attached hydrogens (tertiary/aromatic N) is 2. The molecule has 0 saturated heterocycles. The molecule has 1 amide bonds. The van der Waals surface area contributed by atoms with E-state index in [1.807, 2.05) is 20.8 Å². The molecule has 2 heterocycles. The smallest absolute Gasteiger partial charge is 0.254 e. The minimum atomic E-state index is -0.0793. The van der Waals surface area contributed by atoms with Gasteiger partial charge in [-0.05, 0) is 20.8 Å². The molecule has 0 fully saturated rings. The van der Waals surface area contributed by atoms with Crippen LogP contribution in [0.15, 0.2) is 16.0 Å². The molecule has 0 aromatic carbocycles. The number of aromatic nitrogens is 2. The summed E-state index contributed by atoms with van der Waals surface area (Å²) < 4.78 is 1.64. The van der Waals surface area contributed by atoms with E-state index in [-0.39, 0.29) is 23.6 Å². The first-order chi connectivity index (χ1) is 8.47. The fourth-order valence-electron chi connectivity index (χ4n) is 2.01. The third-order valence-corrected chi connectivity index (χ3v) is 3.79.